The first kappa shape index (κ1) is 17.5. The summed E-state index contributed by atoms with van der Waals surface area (Å²) in [5, 5.41) is 3.88. The van der Waals surface area contributed by atoms with E-state index in [1.54, 1.807) is 24.8 Å². The molecule has 1 N–H and O–H groups in total. The molecule has 1 aliphatic heterocycles. The van der Waals surface area contributed by atoms with Gasteiger partial charge in [0.05, 0.1) is 11.7 Å². The summed E-state index contributed by atoms with van der Waals surface area (Å²) in [7, 11) is 2.09. The van der Waals surface area contributed by atoms with E-state index in [0.717, 1.165) is 53.8 Å². The van der Waals surface area contributed by atoms with Crippen molar-refractivity contribution in [2.45, 2.75) is 19.8 Å². The van der Waals surface area contributed by atoms with E-state index in [-0.39, 0.29) is 11.8 Å². The first-order valence-electron chi connectivity index (χ1n) is 9.13. The number of nitrogens with one attached hydrogen (secondary N) is 1. The lowest BCUT2D eigenvalue weighted by Crippen LogP contribution is -2.36. The molecule has 0 spiro atoms. The Kier molecular flexibility index (Phi) is 4.77. The van der Waals surface area contributed by atoms with Crippen LogP contribution < -0.4 is 5.32 Å². The van der Waals surface area contributed by atoms with Crippen molar-refractivity contribution in [2.75, 3.05) is 25.5 Å². The quantitative estimate of drug-likeness (QED) is 0.771. The molecular weight excluding hydrogens is 340 g/mol. The molecule has 1 amide bonds. The van der Waals surface area contributed by atoms with Crippen LogP contribution in [0, 0.1) is 12.8 Å². The van der Waals surface area contributed by atoms with Crippen LogP contribution >= 0.6 is 0 Å². The third-order valence-electron chi connectivity index (χ3n) is 5.02. The van der Waals surface area contributed by atoms with E-state index in [9.17, 15) is 4.79 Å². The number of aryl methyl sites for hydroxylation is 1. The summed E-state index contributed by atoms with van der Waals surface area (Å²) in [5.41, 5.74) is 2.62. The molecule has 138 valence electrons. The van der Waals surface area contributed by atoms with Gasteiger partial charge in [-0.05, 0) is 52.0 Å². The summed E-state index contributed by atoms with van der Waals surface area (Å²) in [6.07, 6.45) is 8.82. The lowest BCUT2D eigenvalue weighted by atomic mass is 9.96. The molecule has 3 aromatic heterocycles. The van der Waals surface area contributed by atoms with Crippen molar-refractivity contribution in [2.24, 2.45) is 5.92 Å². The van der Waals surface area contributed by atoms with Gasteiger partial charge in [-0.3, -0.25) is 9.78 Å². The second-order valence-corrected chi connectivity index (χ2v) is 7.07. The molecular formula is C20H22N6O. The monoisotopic (exact) mass is 362 g/mol. The Bertz CT molecular complexity index is 964. The summed E-state index contributed by atoms with van der Waals surface area (Å²) >= 11 is 0. The number of pyridine rings is 2. The summed E-state index contributed by atoms with van der Waals surface area (Å²) in [6.45, 7) is 3.76. The maximum atomic E-state index is 12.5. The van der Waals surface area contributed by atoms with Gasteiger partial charge < -0.3 is 10.2 Å². The van der Waals surface area contributed by atoms with Crippen LogP contribution in [-0.2, 0) is 4.79 Å². The lowest BCUT2D eigenvalue weighted by Gasteiger charge is -2.27. The number of piperidine rings is 1. The molecule has 7 heteroatoms. The molecule has 0 radical (unpaired) electrons. The first-order chi connectivity index (χ1) is 13.1. The van der Waals surface area contributed by atoms with E-state index in [2.05, 4.69) is 37.2 Å². The molecule has 0 bridgehead atoms. The zero-order valence-electron chi connectivity index (χ0n) is 15.5. The van der Waals surface area contributed by atoms with Gasteiger partial charge >= 0.3 is 0 Å². The molecule has 0 atom stereocenters. The third kappa shape index (κ3) is 3.93. The maximum absolute atomic E-state index is 12.5. The summed E-state index contributed by atoms with van der Waals surface area (Å²) in [5.74, 6) is 1.39. The van der Waals surface area contributed by atoms with Crippen LogP contribution in [0.2, 0.25) is 0 Å². The van der Waals surface area contributed by atoms with Crippen molar-refractivity contribution >= 4 is 22.6 Å². The van der Waals surface area contributed by atoms with Gasteiger partial charge in [0.2, 0.25) is 5.91 Å². The number of hydrogen-bond donors (Lipinski definition) is 1. The third-order valence-corrected chi connectivity index (χ3v) is 5.02. The Balaban J connectivity index is 1.55. The van der Waals surface area contributed by atoms with Gasteiger partial charge in [0.25, 0.3) is 0 Å². The largest absolute Gasteiger partial charge is 0.310 e. The highest BCUT2D eigenvalue weighted by molar-refractivity contribution is 5.94. The molecule has 3 aromatic rings. The highest BCUT2D eigenvalue weighted by atomic mass is 16.1. The van der Waals surface area contributed by atoms with E-state index in [1.165, 1.54) is 0 Å². The average molecular weight is 362 g/mol. The van der Waals surface area contributed by atoms with Crippen molar-refractivity contribution in [3.63, 3.8) is 0 Å². The van der Waals surface area contributed by atoms with Crippen LogP contribution in [0.5, 0.6) is 0 Å². The second kappa shape index (κ2) is 7.36. The number of fused-ring (bicyclic) bond motifs is 1. The lowest BCUT2D eigenvalue weighted by molar-refractivity contribution is -0.121. The summed E-state index contributed by atoms with van der Waals surface area (Å²) in [6, 6.07) is 3.89. The number of aromatic nitrogens is 4. The van der Waals surface area contributed by atoms with Crippen molar-refractivity contribution in [3.05, 3.63) is 42.7 Å². The van der Waals surface area contributed by atoms with Gasteiger partial charge in [-0.15, -0.1) is 0 Å². The van der Waals surface area contributed by atoms with Gasteiger partial charge in [-0.2, -0.15) is 0 Å². The molecule has 0 aliphatic carbocycles. The second-order valence-electron chi connectivity index (χ2n) is 7.07. The van der Waals surface area contributed by atoms with E-state index in [0.29, 0.717) is 5.82 Å². The van der Waals surface area contributed by atoms with Crippen molar-refractivity contribution in [1.82, 2.24) is 24.8 Å². The molecule has 4 heterocycles. The van der Waals surface area contributed by atoms with Gasteiger partial charge in [0.1, 0.15) is 11.6 Å². The van der Waals surface area contributed by atoms with Crippen molar-refractivity contribution in [1.29, 1.82) is 0 Å². The number of amides is 1. The van der Waals surface area contributed by atoms with Crippen LogP contribution in [0.25, 0.3) is 22.0 Å². The highest BCUT2D eigenvalue weighted by Crippen LogP contribution is 2.24. The van der Waals surface area contributed by atoms with Crippen molar-refractivity contribution in [3.8, 4) is 11.1 Å². The fourth-order valence-corrected chi connectivity index (χ4v) is 3.30. The molecule has 27 heavy (non-hydrogen) atoms. The van der Waals surface area contributed by atoms with E-state index in [1.807, 2.05) is 19.1 Å². The molecule has 4 rings (SSSR count). The predicted molar refractivity (Wildman–Crippen MR) is 104 cm³/mol. The molecule has 0 aromatic carbocycles. The Labute approximate surface area is 157 Å². The van der Waals surface area contributed by atoms with Gasteiger partial charge in [-0.1, -0.05) is 0 Å². The number of likely N-dealkylation sites (tertiary alicyclic amines) is 1. The fraction of sp³-hybridized carbons (Fsp3) is 0.350. The van der Waals surface area contributed by atoms with Crippen LogP contribution in [0.4, 0.5) is 5.82 Å². The van der Waals surface area contributed by atoms with Crippen LogP contribution in [0.15, 0.2) is 36.9 Å². The number of carbonyl (C=O) groups excluding carboxylic acids is 1. The van der Waals surface area contributed by atoms with E-state index < -0.39 is 0 Å². The standard InChI is InChI=1S/C20H22N6O/c1-13-21-10-17(11-22-13)16-7-15-8-19(24-12-18(15)23-9-16)25-20(27)14-3-5-26(2)6-4-14/h7-12,14H,3-6H2,1-2H3,(H,24,25,27). The normalized spacial score (nSPS) is 15.8. The van der Waals surface area contributed by atoms with Crippen LogP contribution in [0.3, 0.4) is 0 Å². The fourth-order valence-electron chi connectivity index (χ4n) is 3.30. The molecule has 0 saturated carbocycles. The minimum Gasteiger partial charge on any atom is -0.310 e. The Morgan fingerprint density at radius 2 is 1.70 bits per heavy atom. The van der Waals surface area contributed by atoms with E-state index >= 15 is 0 Å². The van der Waals surface area contributed by atoms with Crippen molar-refractivity contribution < 1.29 is 4.79 Å². The molecule has 0 unspecified atom stereocenters. The number of rotatable bonds is 3. The van der Waals surface area contributed by atoms with E-state index in [4.69, 9.17) is 0 Å². The van der Waals surface area contributed by atoms with Gasteiger partial charge in [-0.25, -0.2) is 15.0 Å². The van der Waals surface area contributed by atoms with Gasteiger partial charge in [0.15, 0.2) is 0 Å². The molecule has 1 saturated heterocycles. The highest BCUT2D eigenvalue weighted by Gasteiger charge is 2.23. The van der Waals surface area contributed by atoms with Crippen LogP contribution in [0.1, 0.15) is 18.7 Å². The minimum atomic E-state index is 0.0472. The minimum absolute atomic E-state index is 0.0472. The average Bonchev–Trinajstić information content (AvgIpc) is 2.68. The number of nitrogens with zero attached hydrogens (tertiary/aromatic N) is 5. The zero-order valence-corrected chi connectivity index (χ0v) is 15.5. The Morgan fingerprint density at radius 3 is 2.44 bits per heavy atom. The zero-order chi connectivity index (χ0) is 18.8. The smallest absolute Gasteiger partial charge is 0.228 e. The van der Waals surface area contributed by atoms with Gasteiger partial charge in [0, 0.05) is 41.0 Å². The molecule has 1 fully saturated rings. The predicted octanol–water partition coefficient (Wildman–Crippen LogP) is 2.68. The summed E-state index contributed by atoms with van der Waals surface area (Å²) in [4.78, 5) is 32.1. The molecule has 1 aliphatic rings. The Morgan fingerprint density at radius 1 is 1.00 bits per heavy atom. The SMILES string of the molecule is Cc1ncc(-c2cnc3cnc(NC(=O)C4CCN(C)CC4)cc3c2)cn1. The topological polar surface area (TPSA) is 83.9 Å². The maximum Gasteiger partial charge on any atom is 0.228 e. The number of carbonyl (C=O) groups is 1. The number of hydrogen-bond acceptors (Lipinski definition) is 6. The number of anilines is 1. The molecule has 7 nitrogen and oxygen atoms in total. The first-order valence-corrected chi connectivity index (χ1v) is 9.13. The summed E-state index contributed by atoms with van der Waals surface area (Å²) < 4.78 is 0. The Hall–Kier alpha value is -2.93. The van der Waals surface area contributed by atoms with Crippen LogP contribution in [-0.4, -0.2) is 50.9 Å².